The van der Waals surface area contributed by atoms with Gasteiger partial charge in [-0.25, -0.2) is 9.97 Å². The standard InChI is InChI=1S/C25H33FN4O3/c1-17(13-18(2)31)19-5-7-20(8-6-19)33-21-9-10-29(14-21)23-22(26)24(28-16-27-23)30-11-12-32-25(3,4)15-30/h5-8,16-17,21H,9-15H2,1-4H3/t17-,21-/m1/s1. The summed E-state index contributed by atoms with van der Waals surface area (Å²) < 4.78 is 27.3. The molecule has 7 nitrogen and oxygen atoms in total. The molecule has 2 aliphatic rings. The highest BCUT2D eigenvalue weighted by Crippen LogP contribution is 2.31. The van der Waals surface area contributed by atoms with Crippen LogP contribution in [-0.4, -0.2) is 60.2 Å². The molecule has 2 atom stereocenters. The molecule has 3 heterocycles. The van der Waals surface area contributed by atoms with Crippen LogP contribution in [0.2, 0.25) is 0 Å². The number of carbonyl (C=O) groups excluding carboxylic acids is 1. The Morgan fingerprint density at radius 1 is 1.21 bits per heavy atom. The van der Waals surface area contributed by atoms with Gasteiger partial charge in [-0.2, -0.15) is 4.39 Å². The monoisotopic (exact) mass is 456 g/mol. The lowest BCUT2D eigenvalue weighted by Crippen LogP contribution is -2.49. The Bertz CT molecular complexity index is 982. The van der Waals surface area contributed by atoms with Gasteiger partial charge < -0.3 is 24.1 Å². The normalized spacial score (nSPS) is 21.2. The zero-order valence-electron chi connectivity index (χ0n) is 19.9. The summed E-state index contributed by atoms with van der Waals surface area (Å²) in [5.41, 5.74) is 0.773. The van der Waals surface area contributed by atoms with E-state index in [9.17, 15) is 4.79 Å². The van der Waals surface area contributed by atoms with Crippen LogP contribution in [-0.2, 0) is 9.53 Å². The zero-order valence-corrected chi connectivity index (χ0v) is 19.9. The fourth-order valence-electron chi connectivity index (χ4n) is 4.62. The van der Waals surface area contributed by atoms with E-state index in [-0.39, 0.29) is 29.2 Å². The molecular weight excluding hydrogens is 423 g/mol. The molecule has 2 aliphatic heterocycles. The minimum atomic E-state index is -0.389. The molecule has 4 rings (SSSR count). The van der Waals surface area contributed by atoms with Crippen LogP contribution in [0.4, 0.5) is 16.0 Å². The third-order valence-electron chi connectivity index (χ3n) is 6.27. The minimum Gasteiger partial charge on any atom is -0.489 e. The third-order valence-corrected chi connectivity index (χ3v) is 6.27. The summed E-state index contributed by atoms with van der Waals surface area (Å²) in [7, 11) is 0. The fraction of sp³-hybridized carbons (Fsp3) is 0.560. The summed E-state index contributed by atoms with van der Waals surface area (Å²) in [6.07, 6.45) is 2.70. The van der Waals surface area contributed by atoms with Gasteiger partial charge in [0.15, 0.2) is 11.6 Å². The Morgan fingerprint density at radius 2 is 1.91 bits per heavy atom. The number of hydrogen-bond acceptors (Lipinski definition) is 7. The molecule has 0 aliphatic carbocycles. The first-order chi connectivity index (χ1) is 15.7. The maximum Gasteiger partial charge on any atom is 0.208 e. The van der Waals surface area contributed by atoms with Crippen molar-refractivity contribution in [3.8, 4) is 5.75 Å². The lowest BCUT2D eigenvalue weighted by Gasteiger charge is -2.39. The quantitative estimate of drug-likeness (QED) is 0.624. The van der Waals surface area contributed by atoms with Crippen LogP contribution < -0.4 is 14.5 Å². The molecule has 2 saturated heterocycles. The van der Waals surface area contributed by atoms with Gasteiger partial charge in [-0.05, 0) is 44.4 Å². The van der Waals surface area contributed by atoms with Crippen LogP contribution in [0.5, 0.6) is 5.75 Å². The smallest absolute Gasteiger partial charge is 0.208 e. The zero-order chi connectivity index (χ0) is 23.6. The summed E-state index contributed by atoms with van der Waals surface area (Å²) in [5, 5.41) is 0. The van der Waals surface area contributed by atoms with Crippen LogP contribution in [0.3, 0.4) is 0 Å². The summed E-state index contributed by atoms with van der Waals surface area (Å²) in [6, 6.07) is 7.90. The van der Waals surface area contributed by atoms with Crippen molar-refractivity contribution in [2.45, 2.75) is 58.2 Å². The number of anilines is 2. The van der Waals surface area contributed by atoms with Crippen molar-refractivity contribution in [3.05, 3.63) is 42.0 Å². The Hall–Kier alpha value is -2.74. The Labute approximate surface area is 194 Å². The number of nitrogens with zero attached hydrogens (tertiary/aromatic N) is 4. The van der Waals surface area contributed by atoms with E-state index in [4.69, 9.17) is 9.47 Å². The van der Waals surface area contributed by atoms with Crippen LogP contribution in [0, 0.1) is 5.82 Å². The van der Waals surface area contributed by atoms with E-state index in [0.29, 0.717) is 50.8 Å². The number of hydrogen-bond donors (Lipinski definition) is 0. The molecule has 178 valence electrons. The van der Waals surface area contributed by atoms with E-state index in [1.807, 2.05) is 47.9 Å². The first kappa shape index (κ1) is 23.4. The van der Waals surface area contributed by atoms with Gasteiger partial charge in [0.1, 0.15) is 24.0 Å². The minimum absolute atomic E-state index is 0.0503. The molecule has 33 heavy (non-hydrogen) atoms. The summed E-state index contributed by atoms with van der Waals surface area (Å²) >= 11 is 0. The van der Waals surface area contributed by atoms with E-state index in [1.54, 1.807) is 6.92 Å². The van der Waals surface area contributed by atoms with Crippen LogP contribution in [0.15, 0.2) is 30.6 Å². The molecule has 2 fully saturated rings. The number of halogens is 1. The largest absolute Gasteiger partial charge is 0.489 e. The van der Waals surface area contributed by atoms with Crippen molar-refractivity contribution >= 4 is 17.4 Å². The Morgan fingerprint density at radius 3 is 2.58 bits per heavy atom. The average Bonchev–Trinajstić information content (AvgIpc) is 3.21. The maximum atomic E-state index is 15.4. The number of ketones is 1. The molecule has 2 aromatic rings. The number of Topliss-reactive ketones (excluding diaryl/α,β-unsaturated/α-hetero) is 1. The average molecular weight is 457 g/mol. The fourth-order valence-corrected chi connectivity index (χ4v) is 4.62. The molecule has 8 heteroatoms. The van der Waals surface area contributed by atoms with Crippen LogP contribution in [0.25, 0.3) is 0 Å². The summed E-state index contributed by atoms with van der Waals surface area (Å²) in [5.74, 6) is 1.41. The van der Waals surface area contributed by atoms with Gasteiger partial charge in [0.25, 0.3) is 0 Å². The first-order valence-corrected chi connectivity index (χ1v) is 11.6. The summed E-state index contributed by atoms with van der Waals surface area (Å²) in [4.78, 5) is 23.7. The number of rotatable bonds is 7. The number of benzene rings is 1. The van der Waals surface area contributed by atoms with Crippen molar-refractivity contribution in [1.29, 1.82) is 0 Å². The van der Waals surface area contributed by atoms with Gasteiger partial charge in [-0.15, -0.1) is 0 Å². The molecule has 0 amide bonds. The lowest BCUT2D eigenvalue weighted by atomic mass is 9.96. The molecule has 0 saturated carbocycles. The third kappa shape index (κ3) is 5.61. The topological polar surface area (TPSA) is 67.8 Å². The number of morpholine rings is 1. The molecule has 0 unspecified atom stereocenters. The predicted octanol–water partition coefficient (Wildman–Crippen LogP) is 3.97. The van der Waals surface area contributed by atoms with Gasteiger partial charge in [0.05, 0.1) is 18.8 Å². The highest BCUT2D eigenvalue weighted by Gasteiger charge is 2.32. The van der Waals surface area contributed by atoms with E-state index in [0.717, 1.165) is 17.7 Å². The van der Waals surface area contributed by atoms with E-state index >= 15 is 4.39 Å². The van der Waals surface area contributed by atoms with Crippen LogP contribution in [0.1, 0.15) is 52.0 Å². The van der Waals surface area contributed by atoms with Gasteiger partial charge in [-0.1, -0.05) is 19.1 Å². The molecule has 1 aromatic heterocycles. The predicted molar refractivity (Wildman–Crippen MR) is 126 cm³/mol. The molecule has 0 bridgehead atoms. The van der Waals surface area contributed by atoms with Crippen molar-refractivity contribution in [2.75, 3.05) is 42.6 Å². The lowest BCUT2D eigenvalue weighted by molar-refractivity contribution is -0.117. The molecule has 0 N–H and O–H groups in total. The number of carbonyl (C=O) groups is 1. The maximum absolute atomic E-state index is 15.4. The highest BCUT2D eigenvalue weighted by atomic mass is 19.1. The second-order valence-corrected chi connectivity index (χ2v) is 9.72. The van der Waals surface area contributed by atoms with Crippen LogP contribution >= 0.6 is 0 Å². The number of ether oxygens (including phenoxy) is 2. The second-order valence-electron chi connectivity index (χ2n) is 9.72. The van der Waals surface area contributed by atoms with Gasteiger partial charge >= 0.3 is 0 Å². The molecule has 0 spiro atoms. The van der Waals surface area contributed by atoms with E-state index in [2.05, 4.69) is 16.9 Å². The van der Waals surface area contributed by atoms with E-state index in [1.165, 1.54) is 6.33 Å². The second kappa shape index (κ2) is 9.63. The van der Waals surface area contributed by atoms with Gasteiger partial charge in [-0.3, -0.25) is 0 Å². The molecule has 1 aromatic carbocycles. The van der Waals surface area contributed by atoms with Crippen molar-refractivity contribution < 1.29 is 18.7 Å². The Balaban J connectivity index is 1.39. The van der Waals surface area contributed by atoms with Crippen molar-refractivity contribution in [3.63, 3.8) is 0 Å². The number of aromatic nitrogens is 2. The van der Waals surface area contributed by atoms with Crippen molar-refractivity contribution in [2.24, 2.45) is 0 Å². The van der Waals surface area contributed by atoms with Gasteiger partial charge in [0, 0.05) is 32.5 Å². The molecular formula is C25H33FN4O3. The first-order valence-electron chi connectivity index (χ1n) is 11.6. The Kier molecular flexibility index (Phi) is 6.83. The molecule has 0 radical (unpaired) electrons. The SMILES string of the molecule is CC(=O)C[C@@H](C)c1ccc(O[C@@H]2CCN(c3ncnc(N4CCOC(C)(C)C4)c3F)C2)cc1. The highest BCUT2D eigenvalue weighted by molar-refractivity contribution is 5.76. The van der Waals surface area contributed by atoms with Gasteiger partial charge in [0.2, 0.25) is 5.82 Å². The van der Waals surface area contributed by atoms with E-state index < -0.39 is 0 Å². The van der Waals surface area contributed by atoms with Crippen molar-refractivity contribution in [1.82, 2.24) is 9.97 Å². The summed E-state index contributed by atoms with van der Waals surface area (Å²) in [6.45, 7) is 10.6.